The molecule has 0 bridgehead atoms. The number of esters is 1. The van der Waals surface area contributed by atoms with E-state index in [1.807, 2.05) is 0 Å². The van der Waals surface area contributed by atoms with Gasteiger partial charge in [-0.1, -0.05) is 0 Å². The lowest BCUT2D eigenvalue weighted by molar-refractivity contribution is -0.139. The van der Waals surface area contributed by atoms with Crippen LogP contribution in [0.15, 0.2) is 6.20 Å². The second-order valence-electron chi connectivity index (χ2n) is 2.56. The van der Waals surface area contributed by atoms with Crippen LogP contribution in [0.3, 0.4) is 0 Å². The molecule has 7 nitrogen and oxygen atoms in total. The summed E-state index contributed by atoms with van der Waals surface area (Å²) in [6.45, 7) is 0. The second-order valence-corrected chi connectivity index (χ2v) is 2.56. The molecular weight excluding hydrogens is 188 g/mol. The number of carbonyl (C=O) groups excluding carboxylic acids is 2. The zero-order valence-electron chi connectivity index (χ0n) is 7.56. The van der Waals surface area contributed by atoms with Crippen LogP contribution in [0.2, 0.25) is 0 Å². The van der Waals surface area contributed by atoms with Gasteiger partial charge in [0.05, 0.1) is 19.7 Å². The summed E-state index contributed by atoms with van der Waals surface area (Å²) < 4.78 is 5.25. The third-order valence-corrected chi connectivity index (χ3v) is 1.66. The number of methoxy groups -OCH3 is 1. The first-order valence-electron chi connectivity index (χ1n) is 3.75. The van der Waals surface area contributed by atoms with E-state index in [9.17, 15) is 9.59 Å². The number of hydrogen-bond donors (Lipinski definition) is 2. The Morgan fingerprint density at radius 3 is 2.71 bits per heavy atom. The highest BCUT2D eigenvalue weighted by Gasteiger charge is 2.13. The molecule has 0 unspecified atom stereocenters. The number of nitrogens with zero attached hydrogens (tertiary/aromatic N) is 2. The number of nitrogen functional groups attached to an aromatic ring is 1. The van der Waals surface area contributed by atoms with Gasteiger partial charge in [0.2, 0.25) is 0 Å². The first kappa shape index (κ1) is 10.0. The summed E-state index contributed by atoms with van der Waals surface area (Å²) in [6, 6.07) is -0.793. The van der Waals surface area contributed by atoms with E-state index in [0.29, 0.717) is 5.56 Å². The highest BCUT2D eigenvalue weighted by atomic mass is 16.5. The third-order valence-electron chi connectivity index (χ3n) is 1.66. The molecule has 1 heterocycles. The summed E-state index contributed by atoms with van der Waals surface area (Å²) in [4.78, 5) is 21.6. The number of aromatic nitrogens is 2. The van der Waals surface area contributed by atoms with Crippen molar-refractivity contribution in [3.63, 3.8) is 0 Å². The van der Waals surface area contributed by atoms with Gasteiger partial charge in [0.15, 0.2) is 0 Å². The number of rotatable bonds is 2. The van der Waals surface area contributed by atoms with Gasteiger partial charge < -0.3 is 16.2 Å². The van der Waals surface area contributed by atoms with E-state index in [1.54, 1.807) is 0 Å². The molecule has 76 valence electrons. The number of hydrogen-bond acceptors (Lipinski definition) is 5. The lowest BCUT2D eigenvalue weighted by Crippen LogP contribution is -2.22. The summed E-state index contributed by atoms with van der Waals surface area (Å²) in [5, 5.41) is 3.61. The number of ether oxygens (including phenoxy) is 1. The molecule has 4 N–H and O–H groups in total. The lowest BCUT2D eigenvalue weighted by atomic mass is 10.2. The molecule has 0 aliphatic carbocycles. The van der Waals surface area contributed by atoms with Crippen molar-refractivity contribution in [2.45, 2.75) is 6.42 Å². The first-order valence-corrected chi connectivity index (χ1v) is 3.75. The van der Waals surface area contributed by atoms with Gasteiger partial charge in [0, 0.05) is 5.56 Å². The topological polar surface area (TPSA) is 113 Å². The molecule has 1 aromatic heterocycles. The Bertz CT molecular complexity index is 371. The molecule has 0 aromatic carbocycles. The highest BCUT2D eigenvalue weighted by Crippen LogP contribution is 2.11. The highest BCUT2D eigenvalue weighted by molar-refractivity contribution is 5.80. The van der Waals surface area contributed by atoms with Gasteiger partial charge in [0.25, 0.3) is 0 Å². The molecular formula is C7H10N4O3. The minimum absolute atomic E-state index is 0.0321. The van der Waals surface area contributed by atoms with E-state index in [2.05, 4.69) is 9.84 Å². The smallest absolute Gasteiger partial charge is 0.341 e. The summed E-state index contributed by atoms with van der Waals surface area (Å²) in [5.74, 6) is -0.399. The van der Waals surface area contributed by atoms with Crippen molar-refractivity contribution >= 4 is 17.8 Å². The predicted octanol–water partition coefficient (Wildman–Crippen LogP) is -0.892. The molecule has 1 rings (SSSR count). The van der Waals surface area contributed by atoms with Crippen LogP contribution in [0.1, 0.15) is 5.56 Å². The summed E-state index contributed by atoms with van der Waals surface area (Å²) in [6.07, 6.45) is 1.27. The number of primary amides is 1. The number of amides is 1. The van der Waals surface area contributed by atoms with Gasteiger partial charge in [-0.25, -0.2) is 4.79 Å². The van der Waals surface area contributed by atoms with Gasteiger partial charge in [0.1, 0.15) is 5.82 Å². The van der Waals surface area contributed by atoms with Crippen LogP contribution >= 0.6 is 0 Å². The monoisotopic (exact) mass is 198 g/mol. The minimum Gasteiger partial charge on any atom is -0.469 e. The van der Waals surface area contributed by atoms with Crippen molar-refractivity contribution < 1.29 is 14.3 Å². The number of carbonyl (C=O) groups is 2. The predicted molar refractivity (Wildman–Crippen MR) is 47.3 cm³/mol. The summed E-state index contributed by atoms with van der Waals surface area (Å²) in [5.41, 5.74) is 10.9. The van der Waals surface area contributed by atoms with Crippen molar-refractivity contribution in [3.8, 4) is 0 Å². The molecule has 0 saturated carbocycles. The lowest BCUT2D eigenvalue weighted by Gasteiger charge is -1.99. The number of anilines is 1. The van der Waals surface area contributed by atoms with Crippen LogP contribution < -0.4 is 11.5 Å². The fourth-order valence-electron chi connectivity index (χ4n) is 0.931. The van der Waals surface area contributed by atoms with Crippen molar-refractivity contribution in [3.05, 3.63) is 11.8 Å². The molecule has 0 saturated heterocycles. The molecule has 0 atom stereocenters. The van der Waals surface area contributed by atoms with Crippen LogP contribution in [-0.2, 0) is 16.0 Å². The quantitative estimate of drug-likeness (QED) is 0.598. The molecule has 0 aliphatic rings. The van der Waals surface area contributed by atoms with E-state index in [0.717, 1.165) is 4.68 Å². The maximum Gasteiger partial charge on any atom is 0.341 e. The van der Waals surface area contributed by atoms with Gasteiger partial charge in [-0.3, -0.25) is 4.79 Å². The van der Waals surface area contributed by atoms with E-state index >= 15 is 0 Å². The average Bonchev–Trinajstić information content (AvgIpc) is 2.48. The number of nitrogens with two attached hydrogens (primary N) is 2. The van der Waals surface area contributed by atoms with Crippen molar-refractivity contribution in [2.75, 3.05) is 12.8 Å². The zero-order valence-corrected chi connectivity index (χ0v) is 7.56. The Morgan fingerprint density at radius 2 is 2.29 bits per heavy atom. The van der Waals surface area contributed by atoms with E-state index in [-0.39, 0.29) is 12.2 Å². The molecule has 0 radical (unpaired) electrons. The Labute approximate surface area is 79.6 Å². The van der Waals surface area contributed by atoms with Gasteiger partial charge in [-0.15, -0.1) is 0 Å². The minimum atomic E-state index is -0.793. The normalized spacial score (nSPS) is 9.79. The molecule has 0 fully saturated rings. The first-order chi connectivity index (χ1) is 6.56. The Hall–Kier alpha value is -2.05. The van der Waals surface area contributed by atoms with Gasteiger partial charge in [-0.05, 0) is 0 Å². The van der Waals surface area contributed by atoms with E-state index < -0.39 is 12.0 Å². The Kier molecular flexibility index (Phi) is 2.70. The summed E-state index contributed by atoms with van der Waals surface area (Å²) in [7, 11) is 1.26. The van der Waals surface area contributed by atoms with Crippen LogP contribution in [0.4, 0.5) is 10.6 Å². The van der Waals surface area contributed by atoms with Crippen molar-refractivity contribution in [2.24, 2.45) is 5.73 Å². The zero-order chi connectivity index (χ0) is 10.7. The van der Waals surface area contributed by atoms with Gasteiger partial charge >= 0.3 is 12.0 Å². The maximum absolute atomic E-state index is 10.9. The Morgan fingerprint density at radius 1 is 1.64 bits per heavy atom. The SMILES string of the molecule is COC(=O)Cc1cnn(C(N)=O)c1N. The Balaban J connectivity index is 2.90. The second kappa shape index (κ2) is 3.77. The standard InChI is InChI=1S/C7H10N4O3/c1-14-5(12)2-4-3-10-11(6(4)8)7(9)13/h3H,2,8H2,1H3,(H2,9,13). The summed E-state index contributed by atoms with van der Waals surface area (Å²) >= 11 is 0. The van der Waals surface area contributed by atoms with E-state index in [1.165, 1.54) is 13.3 Å². The molecule has 1 amide bonds. The maximum atomic E-state index is 10.9. The van der Waals surface area contributed by atoms with Gasteiger partial charge in [-0.2, -0.15) is 9.78 Å². The third kappa shape index (κ3) is 1.82. The molecule has 7 heteroatoms. The molecule has 0 spiro atoms. The van der Waals surface area contributed by atoms with Crippen LogP contribution in [0.25, 0.3) is 0 Å². The fraction of sp³-hybridized carbons (Fsp3) is 0.286. The largest absolute Gasteiger partial charge is 0.469 e. The fourth-order valence-corrected chi connectivity index (χ4v) is 0.931. The van der Waals surface area contributed by atoms with Crippen molar-refractivity contribution in [1.82, 2.24) is 9.78 Å². The van der Waals surface area contributed by atoms with E-state index in [4.69, 9.17) is 11.5 Å². The van der Waals surface area contributed by atoms with Crippen LogP contribution in [0.5, 0.6) is 0 Å². The van der Waals surface area contributed by atoms with Crippen molar-refractivity contribution in [1.29, 1.82) is 0 Å². The van der Waals surface area contributed by atoms with Crippen LogP contribution in [0, 0.1) is 0 Å². The molecule has 1 aromatic rings. The average molecular weight is 198 g/mol. The van der Waals surface area contributed by atoms with Crippen LogP contribution in [-0.4, -0.2) is 28.9 Å². The molecule has 0 aliphatic heterocycles. The molecule has 14 heavy (non-hydrogen) atoms.